The Hall–Kier alpha value is -0.120. The van der Waals surface area contributed by atoms with Gasteiger partial charge in [0.1, 0.15) is 0 Å². The second-order valence-electron chi connectivity index (χ2n) is 6.26. The van der Waals surface area contributed by atoms with E-state index in [1.54, 1.807) is 0 Å². The maximum atomic E-state index is 9.49. The number of ether oxygens (including phenoxy) is 1. The van der Waals surface area contributed by atoms with Crippen molar-refractivity contribution in [2.75, 3.05) is 19.8 Å². The van der Waals surface area contributed by atoms with Crippen molar-refractivity contribution < 1.29 is 9.84 Å². The van der Waals surface area contributed by atoms with Gasteiger partial charge in [0.05, 0.1) is 6.61 Å². The first-order valence-electron chi connectivity index (χ1n) is 7.93. The van der Waals surface area contributed by atoms with E-state index in [1.165, 1.54) is 25.7 Å². The fourth-order valence-electron chi connectivity index (χ4n) is 2.34. The van der Waals surface area contributed by atoms with E-state index in [2.05, 4.69) is 39.9 Å². The van der Waals surface area contributed by atoms with Gasteiger partial charge in [-0.2, -0.15) is 0 Å². The Balaban J connectivity index is 3.86. The van der Waals surface area contributed by atoms with E-state index >= 15 is 0 Å². The Bertz CT molecular complexity index is 209. The second-order valence-corrected chi connectivity index (χ2v) is 6.26. The van der Waals surface area contributed by atoms with Crippen molar-refractivity contribution in [1.29, 1.82) is 0 Å². The first kappa shape index (κ1) is 18.9. The molecule has 0 rings (SSSR count). The van der Waals surface area contributed by atoms with E-state index < -0.39 is 0 Å². The van der Waals surface area contributed by atoms with Crippen LogP contribution in [0.3, 0.4) is 0 Å². The molecule has 0 fully saturated rings. The fourth-order valence-corrected chi connectivity index (χ4v) is 2.34. The Morgan fingerprint density at radius 1 is 1.26 bits per heavy atom. The lowest BCUT2D eigenvalue weighted by molar-refractivity contribution is 0.0610. The van der Waals surface area contributed by atoms with Crippen molar-refractivity contribution in [3.63, 3.8) is 0 Å². The van der Waals surface area contributed by atoms with Gasteiger partial charge in [0.2, 0.25) is 0 Å². The van der Waals surface area contributed by atoms with E-state index in [4.69, 9.17) is 4.74 Å². The summed E-state index contributed by atoms with van der Waals surface area (Å²) in [7, 11) is 0. The smallest absolute Gasteiger partial charge is 0.0611 e. The molecule has 0 saturated heterocycles. The molecule has 0 aromatic heterocycles. The molecule has 116 valence electrons. The molecule has 19 heavy (non-hydrogen) atoms. The average molecular weight is 273 g/mol. The van der Waals surface area contributed by atoms with Gasteiger partial charge in [-0.15, -0.1) is 0 Å². The molecule has 2 unspecified atom stereocenters. The summed E-state index contributed by atoms with van der Waals surface area (Å²) in [5.41, 5.74) is -0.223. The molecule has 0 aromatic rings. The van der Waals surface area contributed by atoms with Gasteiger partial charge in [0.25, 0.3) is 0 Å². The van der Waals surface area contributed by atoms with E-state index in [0.29, 0.717) is 12.0 Å². The topological polar surface area (TPSA) is 41.5 Å². The third kappa shape index (κ3) is 9.42. The summed E-state index contributed by atoms with van der Waals surface area (Å²) in [4.78, 5) is 0. The molecule has 0 bridgehead atoms. The molecule has 0 aromatic carbocycles. The van der Waals surface area contributed by atoms with Gasteiger partial charge in [-0.05, 0) is 25.7 Å². The number of hydrogen-bond acceptors (Lipinski definition) is 3. The van der Waals surface area contributed by atoms with Crippen LogP contribution in [0.15, 0.2) is 0 Å². The maximum Gasteiger partial charge on any atom is 0.0611 e. The van der Waals surface area contributed by atoms with Gasteiger partial charge in [0.15, 0.2) is 0 Å². The molecule has 0 amide bonds. The van der Waals surface area contributed by atoms with Crippen LogP contribution in [0.25, 0.3) is 0 Å². The minimum Gasteiger partial charge on any atom is -0.394 e. The van der Waals surface area contributed by atoms with Crippen LogP contribution in [0, 0.1) is 5.92 Å². The molecule has 0 saturated carbocycles. The van der Waals surface area contributed by atoms with Crippen molar-refractivity contribution in [3.05, 3.63) is 0 Å². The summed E-state index contributed by atoms with van der Waals surface area (Å²) in [6.07, 6.45) is 5.88. The normalized spacial score (nSPS) is 16.6. The van der Waals surface area contributed by atoms with E-state index in [1.807, 2.05) is 0 Å². The van der Waals surface area contributed by atoms with Gasteiger partial charge in [-0.25, -0.2) is 0 Å². The predicted octanol–water partition coefficient (Wildman–Crippen LogP) is 3.36. The summed E-state index contributed by atoms with van der Waals surface area (Å²) >= 11 is 0. The quantitative estimate of drug-likeness (QED) is 0.536. The standard InChI is InChI=1S/C16H35NO2/c1-6-8-9-15(7-2)12-19-11-10-16(5,13-18)17-14(3)4/h14-15,17-18H,6-13H2,1-5H3. The number of nitrogens with one attached hydrogen (secondary N) is 1. The van der Waals surface area contributed by atoms with Crippen LogP contribution < -0.4 is 5.32 Å². The largest absolute Gasteiger partial charge is 0.394 e. The fraction of sp³-hybridized carbons (Fsp3) is 1.00. The molecule has 0 spiro atoms. The van der Waals surface area contributed by atoms with Gasteiger partial charge >= 0.3 is 0 Å². The molecule has 2 N–H and O–H groups in total. The lowest BCUT2D eigenvalue weighted by Crippen LogP contribution is -2.49. The molecule has 3 nitrogen and oxygen atoms in total. The Morgan fingerprint density at radius 3 is 2.42 bits per heavy atom. The number of rotatable bonds is 12. The van der Waals surface area contributed by atoms with Crippen molar-refractivity contribution in [1.82, 2.24) is 5.32 Å². The Morgan fingerprint density at radius 2 is 1.95 bits per heavy atom. The summed E-state index contributed by atoms with van der Waals surface area (Å²) < 4.78 is 5.81. The Labute approximate surface area is 120 Å². The highest BCUT2D eigenvalue weighted by atomic mass is 16.5. The number of aliphatic hydroxyl groups is 1. The van der Waals surface area contributed by atoms with Crippen LogP contribution in [0.5, 0.6) is 0 Å². The van der Waals surface area contributed by atoms with E-state index in [9.17, 15) is 5.11 Å². The number of aliphatic hydroxyl groups excluding tert-OH is 1. The summed E-state index contributed by atoms with van der Waals surface area (Å²) in [6, 6.07) is 0.380. The zero-order valence-electron chi connectivity index (χ0n) is 13.7. The predicted molar refractivity (Wildman–Crippen MR) is 82.5 cm³/mol. The van der Waals surface area contributed by atoms with Crippen LogP contribution in [-0.4, -0.2) is 36.5 Å². The van der Waals surface area contributed by atoms with Crippen LogP contribution in [0.4, 0.5) is 0 Å². The summed E-state index contributed by atoms with van der Waals surface area (Å²) in [5.74, 6) is 0.693. The zero-order valence-corrected chi connectivity index (χ0v) is 13.7. The number of hydrogen-bond donors (Lipinski definition) is 2. The number of unbranched alkanes of at least 4 members (excludes halogenated alkanes) is 1. The molecule has 0 aliphatic rings. The maximum absolute atomic E-state index is 9.49. The first-order chi connectivity index (χ1) is 8.97. The van der Waals surface area contributed by atoms with Crippen LogP contribution in [0.2, 0.25) is 0 Å². The highest BCUT2D eigenvalue weighted by Gasteiger charge is 2.23. The highest BCUT2D eigenvalue weighted by molar-refractivity contribution is 4.83. The van der Waals surface area contributed by atoms with Crippen LogP contribution in [-0.2, 0) is 4.74 Å². The van der Waals surface area contributed by atoms with Gasteiger partial charge in [0, 0.05) is 24.8 Å². The van der Waals surface area contributed by atoms with Gasteiger partial charge in [-0.3, -0.25) is 0 Å². The molecule has 0 radical (unpaired) electrons. The van der Waals surface area contributed by atoms with Crippen LogP contribution in [0.1, 0.15) is 66.7 Å². The van der Waals surface area contributed by atoms with E-state index in [-0.39, 0.29) is 12.1 Å². The SMILES string of the molecule is CCCCC(CC)COCCC(C)(CO)NC(C)C. The lowest BCUT2D eigenvalue weighted by atomic mass is 9.98. The van der Waals surface area contributed by atoms with E-state index in [0.717, 1.165) is 19.6 Å². The Kier molecular flexibility index (Phi) is 10.6. The van der Waals surface area contributed by atoms with Crippen molar-refractivity contribution >= 4 is 0 Å². The molecular weight excluding hydrogens is 238 g/mol. The summed E-state index contributed by atoms with van der Waals surface area (Å²) in [5, 5.41) is 12.9. The molecule has 0 aliphatic heterocycles. The van der Waals surface area contributed by atoms with Gasteiger partial charge < -0.3 is 15.2 Å². The van der Waals surface area contributed by atoms with Crippen LogP contribution >= 0.6 is 0 Å². The third-order valence-corrected chi connectivity index (χ3v) is 3.68. The molecule has 3 heteroatoms. The average Bonchev–Trinajstić information content (AvgIpc) is 2.37. The summed E-state index contributed by atoms with van der Waals surface area (Å²) in [6.45, 7) is 12.5. The van der Waals surface area contributed by atoms with Crippen molar-refractivity contribution in [2.24, 2.45) is 5.92 Å². The highest BCUT2D eigenvalue weighted by Crippen LogP contribution is 2.14. The van der Waals surface area contributed by atoms with Crippen molar-refractivity contribution in [3.8, 4) is 0 Å². The monoisotopic (exact) mass is 273 g/mol. The second kappa shape index (κ2) is 10.6. The third-order valence-electron chi connectivity index (χ3n) is 3.68. The molecule has 0 aliphatic carbocycles. The van der Waals surface area contributed by atoms with Gasteiger partial charge in [-0.1, -0.05) is 47.0 Å². The minimum atomic E-state index is -0.223. The molecule has 2 atom stereocenters. The molecule has 0 heterocycles. The first-order valence-corrected chi connectivity index (χ1v) is 7.93. The minimum absolute atomic E-state index is 0.154. The van der Waals surface area contributed by atoms with Crippen molar-refractivity contribution in [2.45, 2.75) is 78.3 Å². The lowest BCUT2D eigenvalue weighted by Gasteiger charge is -2.31. The zero-order chi connectivity index (χ0) is 14.7. The molecular formula is C16H35NO2.